The van der Waals surface area contributed by atoms with Crippen molar-refractivity contribution in [3.05, 3.63) is 0 Å². The highest BCUT2D eigenvalue weighted by molar-refractivity contribution is 4.84. The lowest BCUT2D eigenvalue weighted by molar-refractivity contribution is -0.143. The summed E-state index contributed by atoms with van der Waals surface area (Å²) in [5, 5.41) is 42.9. The lowest BCUT2D eigenvalue weighted by Crippen LogP contribution is -2.50. The fourth-order valence-corrected chi connectivity index (χ4v) is 0.431. The Hall–Kier alpha value is -0.200. The summed E-state index contributed by atoms with van der Waals surface area (Å²) >= 11 is 0. The average Bonchev–Trinajstić information content (AvgIpc) is 2.01. The van der Waals surface area contributed by atoms with Crippen LogP contribution in [0.15, 0.2) is 0 Å². The van der Waals surface area contributed by atoms with Gasteiger partial charge in [-0.2, -0.15) is 0 Å². The van der Waals surface area contributed by atoms with Gasteiger partial charge in [-0.15, -0.1) is 0 Å². The van der Waals surface area contributed by atoms with Gasteiger partial charge in [0, 0.05) is 0 Å². The van der Waals surface area contributed by atoms with Crippen molar-refractivity contribution in [3.8, 4) is 0 Å². The molecule has 10 heavy (non-hydrogen) atoms. The minimum Gasteiger partial charge on any atom is -0.394 e. The molecule has 0 unspecified atom stereocenters. The van der Waals surface area contributed by atoms with Gasteiger partial charge in [0.05, 0.1) is 19.8 Å². The molecule has 0 saturated heterocycles. The Balaban J connectivity index is 4.02. The molecule has 1 atom stereocenters. The van der Waals surface area contributed by atoms with Gasteiger partial charge in [0.1, 0.15) is 11.7 Å². The van der Waals surface area contributed by atoms with E-state index in [9.17, 15) is 0 Å². The van der Waals surface area contributed by atoms with E-state index >= 15 is 0 Å². The van der Waals surface area contributed by atoms with Gasteiger partial charge in [-0.25, -0.2) is 0 Å². The van der Waals surface area contributed by atoms with Crippen LogP contribution in [0, 0.1) is 0 Å². The Kier molecular flexibility index (Phi) is 3.77. The van der Waals surface area contributed by atoms with E-state index < -0.39 is 31.5 Å². The number of aliphatic hydroxyl groups excluding tert-OH is 4. The van der Waals surface area contributed by atoms with E-state index in [1.807, 2.05) is 0 Å². The Labute approximate surface area is 58.2 Å². The third-order valence-corrected chi connectivity index (χ3v) is 1.34. The summed E-state index contributed by atoms with van der Waals surface area (Å²) in [4.78, 5) is 0. The summed E-state index contributed by atoms with van der Waals surface area (Å²) in [6.07, 6.45) is -1.51. The normalized spacial score (nSPS) is 15.3. The van der Waals surface area contributed by atoms with E-state index in [4.69, 9.17) is 25.5 Å². The monoisotopic (exact) mass is 152 g/mol. The lowest BCUT2D eigenvalue weighted by Gasteiger charge is -2.27. The van der Waals surface area contributed by atoms with Crippen LogP contribution in [0.2, 0.25) is 0 Å². The first-order chi connectivity index (χ1) is 4.60. The molecule has 5 heteroatoms. The van der Waals surface area contributed by atoms with Gasteiger partial charge < -0.3 is 25.5 Å². The first-order valence-corrected chi connectivity index (χ1v) is 2.83. The van der Waals surface area contributed by atoms with Crippen molar-refractivity contribution in [2.75, 3.05) is 19.8 Å². The van der Waals surface area contributed by atoms with Gasteiger partial charge in [0.2, 0.25) is 0 Å². The van der Waals surface area contributed by atoms with Crippen molar-refractivity contribution in [3.63, 3.8) is 0 Å². The number of aliphatic hydroxyl groups is 5. The standard InChI is InChI=1S/C5H12O5/c6-1-4(9)5(10,2-7)3-8/h4,6-10H,1-3H2/t4-/m0/s1. The van der Waals surface area contributed by atoms with E-state index in [0.717, 1.165) is 0 Å². The van der Waals surface area contributed by atoms with Crippen molar-refractivity contribution in [2.24, 2.45) is 0 Å². The summed E-state index contributed by atoms with van der Waals surface area (Å²) in [7, 11) is 0. The Bertz CT molecular complexity index is 90.0. The van der Waals surface area contributed by atoms with E-state index in [1.165, 1.54) is 0 Å². The fourth-order valence-electron chi connectivity index (χ4n) is 0.431. The van der Waals surface area contributed by atoms with Crippen LogP contribution in [0.4, 0.5) is 0 Å². The van der Waals surface area contributed by atoms with Gasteiger partial charge in [-0.05, 0) is 0 Å². The molecule has 62 valence electrons. The van der Waals surface area contributed by atoms with Gasteiger partial charge in [-0.3, -0.25) is 0 Å². The van der Waals surface area contributed by atoms with E-state index in [2.05, 4.69) is 0 Å². The van der Waals surface area contributed by atoms with Crippen molar-refractivity contribution < 1.29 is 25.5 Å². The number of hydrogen-bond donors (Lipinski definition) is 5. The van der Waals surface area contributed by atoms with Crippen LogP contribution in [0.5, 0.6) is 0 Å². The van der Waals surface area contributed by atoms with Crippen molar-refractivity contribution >= 4 is 0 Å². The van der Waals surface area contributed by atoms with Crippen LogP contribution in [0.3, 0.4) is 0 Å². The molecule has 0 bridgehead atoms. The van der Waals surface area contributed by atoms with E-state index in [0.29, 0.717) is 0 Å². The van der Waals surface area contributed by atoms with Gasteiger partial charge in [0.15, 0.2) is 0 Å². The summed E-state index contributed by atoms with van der Waals surface area (Å²) in [5.74, 6) is 0. The molecule has 0 aromatic heterocycles. The quantitative estimate of drug-likeness (QED) is 0.296. The van der Waals surface area contributed by atoms with Crippen LogP contribution in [-0.2, 0) is 0 Å². The molecule has 5 nitrogen and oxygen atoms in total. The highest BCUT2D eigenvalue weighted by Gasteiger charge is 2.33. The van der Waals surface area contributed by atoms with Crippen molar-refractivity contribution in [1.29, 1.82) is 0 Å². The van der Waals surface area contributed by atoms with Gasteiger partial charge in [-0.1, -0.05) is 0 Å². The van der Waals surface area contributed by atoms with Crippen LogP contribution in [0.1, 0.15) is 0 Å². The zero-order valence-electron chi connectivity index (χ0n) is 5.43. The highest BCUT2D eigenvalue weighted by atomic mass is 16.4. The summed E-state index contributed by atoms with van der Waals surface area (Å²) in [5.41, 5.74) is -1.99. The molecule has 0 spiro atoms. The molecular formula is C5H12O5. The molecule has 0 aliphatic rings. The topological polar surface area (TPSA) is 101 Å². The van der Waals surface area contributed by atoms with Crippen LogP contribution in [-0.4, -0.2) is 57.1 Å². The van der Waals surface area contributed by atoms with Crippen LogP contribution >= 0.6 is 0 Å². The third-order valence-electron chi connectivity index (χ3n) is 1.34. The van der Waals surface area contributed by atoms with Crippen molar-refractivity contribution in [1.82, 2.24) is 0 Å². The summed E-state index contributed by atoms with van der Waals surface area (Å²) < 4.78 is 0. The molecular weight excluding hydrogens is 140 g/mol. The molecule has 0 radical (unpaired) electrons. The molecule has 5 N–H and O–H groups in total. The zero-order chi connectivity index (χ0) is 8.20. The largest absolute Gasteiger partial charge is 0.394 e. The number of hydrogen-bond acceptors (Lipinski definition) is 5. The maximum Gasteiger partial charge on any atom is 0.138 e. The molecule has 0 aromatic carbocycles. The fraction of sp³-hybridized carbons (Fsp3) is 1.00. The molecule has 0 amide bonds. The van der Waals surface area contributed by atoms with Crippen molar-refractivity contribution in [2.45, 2.75) is 11.7 Å². The molecule has 0 aromatic rings. The SMILES string of the molecule is OC[C@H](O)C(O)(CO)CO. The second kappa shape index (κ2) is 3.85. The molecule has 0 aliphatic heterocycles. The Morgan fingerprint density at radius 2 is 1.50 bits per heavy atom. The average molecular weight is 152 g/mol. The number of rotatable bonds is 4. The van der Waals surface area contributed by atoms with Gasteiger partial charge in [0.25, 0.3) is 0 Å². The minimum absolute atomic E-state index is 0.697. The Morgan fingerprint density at radius 1 is 1.10 bits per heavy atom. The maximum atomic E-state index is 8.99. The van der Waals surface area contributed by atoms with E-state index in [-0.39, 0.29) is 0 Å². The highest BCUT2D eigenvalue weighted by Crippen LogP contribution is 2.07. The smallest absolute Gasteiger partial charge is 0.138 e. The predicted molar refractivity (Wildman–Crippen MR) is 32.2 cm³/mol. The predicted octanol–water partition coefficient (Wildman–Crippen LogP) is -2.94. The second-order valence-corrected chi connectivity index (χ2v) is 2.12. The van der Waals surface area contributed by atoms with E-state index in [1.54, 1.807) is 0 Å². The first-order valence-electron chi connectivity index (χ1n) is 2.83. The van der Waals surface area contributed by atoms with Gasteiger partial charge >= 0.3 is 0 Å². The minimum atomic E-state index is -1.99. The maximum absolute atomic E-state index is 8.99. The summed E-state index contributed by atoms with van der Waals surface area (Å²) in [6.45, 7) is -2.27. The third kappa shape index (κ3) is 1.89. The molecule has 0 saturated carbocycles. The summed E-state index contributed by atoms with van der Waals surface area (Å²) in [6, 6.07) is 0. The second-order valence-electron chi connectivity index (χ2n) is 2.12. The zero-order valence-corrected chi connectivity index (χ0v) is 5.43. The van der Waals surface area contributed by atoms with Crippen LogP contribution < -0.4 is 0 Å². The molecule has 0 rings (SSSR count). The lowest BCUT2D eigenvalue weighted by atomic mass is 10.00. The molecule has 0 aliphatic carbocycles. The first kappa shape index (κ1) is 9.80. The molecule has 0 fully saturated rings. The Morgan fingerprint density at radius 3 is 1.60 bits per heavy atom. The van der Waals surface area contributed by atoms with Crippen LogP contribution in [0.25, 0.3) is 0 Å². The molecule has 0 heterocycles.